The van der Waals surface area contributed by atoms with Crippen LogP contribution in [-0.4, -0.2) is 6.61 Å². The molecular formula is C9H11NOS. The van der Waals surface area contributed by atoms with Crippen molar-refractivity contribution in [3.8, 4) is 5.75 Å². The van der Waals surface area contributed by atoms with E-state index in [1.165, 1.54) is 0 Å². The third-order valence-corrected chi connectivity index (χ3v) is 2.36. The minimum Gasteiger partial charge on any atom is -0.493 e. The van der Waals surface area contributed by atoms with Gasteiger partial charge in [0.15, 0.2) is 0 Å². The lowest BCUT2D eigenvalue weighted by atomic mass is 10.0. The monoisotopic (exact) mass is 181 g/mol. The summed E-state index contributed by atoms with van der Waals surface area (Å²) in [7, 11) is 0. The number of ether oxygens (including phenoxy) is 1. The van der Waals surface area contributed by atoms with E-state index in [4.69, 9.17) is 10.5 Å². The van der Waals surface area contributed by atoms with E-state index in [-0.39, 0.29) is 6.04 Å². The zero-order valence-corrected chi connectivity index (χ0v) is 7.55. The highest BCUT2D eigenvalue weighted by Crippen LogP contribution is 2.31. The van der Waals surface area contributed by atoms with Crippen LogP contribution in [0.2, 0.25) is 0 Å². The highest BCUT2D eigenvalue weighted by Gasteiger charge is 2.17. The lowest BCUT2D eigenvalue weighted by molar-refractivity contribution is 0.268. The Balaban J connectivity index is 2.47. The van der Waals surface area contributed by atoms with E-state index in [1.807, 2.05) is 18.2 Å². The summed E-state index contributed by atoms with van der Waals surface area (Å²) in [4.78, 5) is 0.940. The summed E-state index contributed by atoms with van der Waals surface area (Å²) in [6.45, 7) is 0.722. The lowest BCUT2D eigenvalue weighted by Gasteiger charge is -2.22. The fraction of sp³-hybridized carbons (Fsp3) is 0.333. The molecule has 3 heteroatoms. The van der Waals surface area contributed by atoms with E-state index in [9.17, 15) is 0 Å². The highest BCUT2D eigenvalue weighted by atomic mass is 32.1. The third kappa shape index (κ3) is 1.30. The molecule has 0 fully saturated rings. The van der Waals surface area contributed by atoms with Crippen molar-refractivity contribution in [2.45, 2.75) is 17.4 Å². The van der Waals surface area contributed by atoms with Crippen LogP contribution in [0.5, 0.6) is 5.75 Å². The van der Waals surface area contributed by atoms with Crippen LogP contribution >= 0.6 is 12.6 Å². The minimum atomic E-state index is 0.112. The first kappa shape index (κ1) is 7.95. The Morgan fingerprint density at radius 2 is 2.33 bits per heavy atom. The SMILES string of the molecule is N[C@@H]1CCOc2ccc(S)cc21. The Morgan fingerprint density at radius 1 is 1.50 bits per heavy atom. The van der Waals surface area contributed by atoms with Crippen molar-refractivity contribution in [1.29, 1.82) is 0 Å². The Labute approximate surface area is 77.1 Å². The lowest BCUT2D eigenvalue weighted by Crippen LogP contribution is -2.20. The van der Waals surface area contributed by atoms with Gasteiger partial charge in [0.05, 0.1) is 6.61 Å². The van der Waals surface area contributed by atoms with Gasteiger partial charge >= 0.3 is 0 Å². The summed E-state index contributed by atoms with van der Waals surface area (Å²) in [5.74, 6) is 0.909. The molecule has 1 aliphatic rings. The van der Waals surface area contributed by atoms with Crippen molar-refractivity contribution >= 4 is 12.6 Å². The second-order valence-corrected chi connectivity index (χ2v) is 3.48. The third-order valence-electron chi connectivity index (χ3n) is 2.08. The van der Waals surface area contributed by atoms with Gasteiger partial charge in [-0.15, -0.1) is 12.6 Å². The van der Waals surface area contributed by atoms with Crippen LogP contribution < -0.4 is 10.5 Å². The second-order valence-electron chi connectivity index (χ2n) is 2.97. The van der Waals surface area contributed by atoms with Gasteiger partial charge < -0.3 is 10.5 Å². The van der Waals surface area contributed by atoms with Gasteiger partial charge in [-0.2, -0.15) is 0 Å². The average molecular weight is 181 g/mol. The molecule has 0 aliphatic carbocycles. The van der Waals surface area contributed by atoms with Gasteiger partial charge in [-0.25, -0.2) is 0 Å². The number of thiol groups is 1. The summed E-state index contributed by atoms with van der Waals surface area (Å²) >= 11 is 4.25. The van der Waals surface area contributed by atoms with E-state index in [0.29, 0.717) is 0 Å². The summed E-state index contributed by atoms with van der Waals surface area (Å²) in [5, 5.41) is 0. The molecule has 0 bridgehead atoms. The summed E-state index contributed by atoms with van der Waals surface area (Å²) in [6.07, 6.45) is 0.893. The van der Waals surface area contributed by atoms with Crippen molar-refractivity contribution in [2.75, 3.05) is 6.61 Å². The molecule has 2 N–H and O–H groups in total. The molecule has 1 aromatic rings. The molecule has 64 valence electrons. The quantitative estimate of drug-likeness (QED) is 0.598. The number of nitrogens with two attached hydrogens (primary N) is 1. The number of rotatable bonds is 0. The molecular weight excluding hydrogens is 170 g/mol. The maximum Gasteiger partial charge on any atom is 0.124 e. The van der Waals surface area contributed by atoms with Crippen molar-refractivity contribution in [1.82, 2.24) is 0 Å². The van der Waals surface area contributed by atoms with Gasteiger partial charge in [0, 0.05) is 22.9 Å². The molecule has 0 unspecified atom stereocenters. The average Bonchev–Trinajstić information content (AvgIpc) is 2.07. The van der Waals surface area contributed by atoms with Gasteiger partial charge in [-0.3, -0.25) is 0 Å². The Hall–Kier alpha value is -0.670. The smallest absolute Gasteiger partial charge is 0.124 e. The Bertz CT molecular complexity index is 301. The van der Waals surface area contributed by atoms with Crippen LogP contribution in [0.15, 0.2) is 23.1 Å². The molecule has 0 radical (unpaired) electrons. The van der Waals surface area contributed by atoms with Crippen LogP contribution in [0.3, 0.4) is 0 Å². The molecule has 2 rings (SSSR count). The molecule has 0 amide bonds. The minimum absolute atomic E-state index is 0.112. The van der Waals surface area contributed by atoms with Crippen LogP contribution in [0.1, 0.15) is 18.0 Å². The number of benzene rings is 1. The topological polar surface area (TPSA) is 35.2 Å². The molecule has 0 aromatic heterocycles. The molecule has 0 saturated heterocycles. The predicted molar refractivity (Wildman–Crippen MR) is 50.7 cm³/mol. The van der Waals surface area contributed by atoms with E-state index < -0.39 is 0 Å². The standard InChI is InChI=1S/C9H11NOS/c10-8-3-4-11-9-2-1-6(12)5-7(8)9/h1-2,5,8,12H,3-4,10H2/t8-/m1/s1. The summed E-state index contributed by atoms with van der Waals surface area (Å²) in [6, 6.07) is 5.93. The highest BCUT2D eigenvalue weighted by molar-refractivity contribution is 7.80. The predicted octanol–water partition coefficient (Wildman–Crippen LogP) is 1.76. The van der Waals surface area contributed by atoms with Crippen molar-refractivity contribution in [3.63, 3.8) is 0 Å². The van der Waals surface area contributed by atoms with Gasteiger partial charge in [-0.05, 0) is 18.2 Å². The van der Waals surface area contributed by atoms with Gasteiger partial charge in [0.2, 0.25) is 0 Å². The fourth-order valence-electron chi connectivity index (χ4n) is 1.41. The Morgan fingerprint density at radius 3 is 3.17 bits per heavy atom. The molecule has 0 saturated carbocycles. The first-order valence-corrected chi connectivity index (χ1v) is 4.43. The van der Waals surface area contributed by atoms with Crippen LogP contribution in [0, 0.1) is 0 Å². The second kappa shape index (κ2) is 2.99. The van der Waals surface area contributed by atoms with E-state index in [2.05, 4.69) is 12.6 Å². The van der Waals surface area contributed by atoms with Crippen molar-refractivity contribution < 1.29 is 4.74 Å². The number of fused-ring (bicyclic) bond motifs is 1. The fourth-order valence-corrected chi connectivity index (χ4v) is 1.62. The van der Waals surface area contributed by atoms with Crippen LogP contribution in [0.4, 0.5) is 0 Å². The number of hydrogen-bond acceptors (Lipinski definition) is 3. The molecule has 2 nitrogen and oxygen atoms in total. The molecule has 1 heterocycles. The van der Waals surface area contributed by atoms with E-state index in [1.54, 1.807) is 0 Å². The summed E-state index contributed by atoms with van der Waals surface area (Å²) in [5.41, 5.74) is 6.98. The summed E-state index contributed by atoms with van der Waals surface area (Å²) < 4.78 is 5.43. The molecule has 1 aliphatic heterocycles. The zero-order valence-electron chi connectivity index (χ0n) is 6.66. The van der Waals surface area contributed by atoms with Crippen LogP contribution in [-0.2, 0) is 0 Å². The molecule has 1 atom stereocenters. The van der Waals surface area contributed by atoms with Crippen LogP contribution in [0.25, 0.3) is 0 Å². The Kier molecular flexibility index (Phi) is 1.98. The van der Waals surface area contributed by atoms with Gasteiger partial charge in [0.1, 0.15) is 5.75 Å². The maximum atomic E-state index is 5.90. The molecule has 12 heavy (non-hydrogen) atoms. The first-order chi connectivity index (χ1) is 5.77. The van der Waals surface area contributed by atoms with Crippen molar-refractivity contribution in [2.24, 2.45) is 5.73 Å². The zero-order chi connectivity index (χ0) is 8.55. The number of hydrogen-bond donors (Lipinski definition) is 2. The first-order valence-electron chi connectivity index (χ1n) is 3.98. The van der Waals surface area contributed by atoms with Gasteiger partial charge in [-0.1, -0.05) is 0 Å². The van der Waals surface area contributed by atoms with E-state index in [0.717, 1.165) is 29.2 Å². The van der Waals surface area contributed by atoms with Gasteiger partial charge in [0.25, 0.3) is 0 Å². The van der Waals surface area contributed by atoms with E-state index >= 15 is 0 Å². The molecule has 0 spiro atoms. The maximum absolute atomic E-state index is 5.90. The van der Waals surface area contributed by atoms with Crippen molar-refractivity contribution in [3.05, 3.63) is 23.8 Å². The normalized spacial score (nSPS) is 21.3. The molecule has 1 aromatic carbocycles. The largest absolute Gasteiger partial charge is 0.493 e.